The van der Waals surface area contributed by atoms with E-state index < -0.39 is 9.84 Å². The van der Waals surface area contributed by atoms with Crippen LogP contribution in [0.4, 0.5) is 0 Å². The molecule has 0 aliphatic rings. The van der Waals surface area contributed by atoms with Gasteiger partial charge in [0.2, 0.25) is 0 Å². The minimum absolute atomic E-state index is 0.125. The quantitative estimate of drug-likeness (QED) is 0.738. The van der Waals surface area contributed by atoms with E-state index in [1.165, 1.54) is 19.2 Å². The summed E-state index contributed by atoms with van der Waals surface area (Å²) in [5.41, 5.74) is 0. The van der Waals surface area contributed by atoms with Gasteiger partial charge in [0.15, 0.2) is 9.84 Å². The fraction of sp³-hybridized carbons (Fsp3) is 0.364. The molecule has 0 saturated carbocycles. The van der Waals surface area contributed by atoms with Crippen molar-refractivity contribution in [3.8, 4) is 5.75 Å². The van der Waals surface area contributed by atoms with Crippen molar-refractivity contribution in [1.82, 2.24) is 0 Å². The van der Waals surface area contributed by atoms with Crippen molar-refractivity contribution >= 4 is 15.8 Å². The van der Waals surface area contributed by atoms with Gasteiger partial charge in [-0.15, -0.1) is 0 Å². The lowest BCUT2D eigenvalue weighted by atomic mass is 10.3. The third kappa shape index (κ3) is 4.44. The van der Waals surface area contributed by atoms with Gasteiger partial charge in [0.1, 0.15) is 5.75 Å². The zero-order valence-electron chi connectivity index (χ0n) is 9.67. The summed E-state index contributed by atoms with van der Waals surface area (Å²) in [4.78, 5) is 11.0. The van der Waals surface area contributed by atoms with E-state index in [2.05, 4.69) is 4.74 Å². The van der Waals surface area contributed by atoms with E-state index in [0.29, 0.717) is 5.75 Å². The number of carbonyl (C=O) groups is 1. The number of methoxy groups -OCH3 is 1. The highest BCUT2D eigenvalue weighted by Gasteiger charge is 2.08. The number of esters is 1. The standard InChI is InChI=1S/C11H14O5S/c1-15-11(12)6-7-16-9-4-3-5-10(8-9)17(2,13)14/h3-5,8H,6-7H2,1-2H3. The van der Waals surface area contributed by atoms with Gasteiger partial charge in [-0.25, -0.2) is 8.42 Å². The van der Waals surface area contributed by atoms with Crippen LogP contribution in [-0.4, -0.2) is 34.4 Å². The van der Waals surface area contributed by atoms with Crippen LogP contribution in [0.2, 0.25) is 0 Å². The number of rotatable bonds is 5. The third-order valence-electron chi connectivity index (χ3n) is 2.04. The summed E-state index contributed by atoms with van der Waals surface area (Å²) >= 11 is 0. The first-order valence-electron chi connectivity index (χ1n) is 4.93. The molecule has 0 aliphatic heterocycles. The lowest BCUT2D eigenvalue weighted by Gasteiger charge is -2.06. The molecule has 0 radical (unpaired) electrons. The molecule has 0 heterocycles. The molecule has 0 N–H and O–H groups in total. The monoisotopic (exact) mass is 258 g/mol. The van der Waals surface area contributed by atoms with Crippen molar-refractivity contribution in [3.63, 3.8) is 0 Å². The summed E-state index contributed by atoms with van der Waals surface area (Å²) in [5, 5.41) is 0. The Morgan fingerprint density at radius 3 is 2.65 bits per heavy atom. The second-order valence-corrected chi connectivity index (χ2v) is 5.44. The number of hydrogen-bond donors (Lipinski definition) is 0. The molecule has 94 valence electrons. The Morgan fingerprint density at radius 1 is 1.35 bits per heavy atom. The largest absolute Gasteiger partial charge is 0.493 e. The fourth-order valence-electron chi connectivity index (χ4n) is 1.15. The normalized spacial score (nSPS) is 10.9. The van der Waals surface area contributed by atoms with E-state index in [1.807, 2.05) is 0 Å². The number of sulfone groups is 1. The van der Waals surface area contributed by atoms with E-state index in [4.69, 9.17) is 4.74 Å². The zero-order valence-corrected chi connectivity index (χ0v) is 10.5. The zero-order chi connectivity index (χ0) is 12.9. The molecule has 0 bridgehead atoms. The first-order chi connectivity index (χ1) is 7.93. The Labute approximate surface area is 100 Å². The van der Waals surface area contributed by atoms with Crippen LogP contribution in [0, 0.1) is 0 Å². The third-order valence-corrected chi connectivity index (χ3v) is 3.15. The first-order valence-corrected chi connectivity index (χ1v) is 6.82. The average molecular weight is 258 g/mol. The van der Waals surface area contributed by atoms with Crippen LogP contribution >= 0.6 is 0 Å². The molecule has 0 fully saturated rings. The van der Waals surface area contributed by atoms with E-state index in [-0.39, 0.29) is 23.9 Å². The van der Waals surface area contributed by atoms with Crippen LogP contribution < -0.4 is 4.74 Å². The fourth-order valence-corrected chi connectivity index (χ4v) is 1.80. The van der Waals surface area contributed by atoms with Crippen molar-refractivity contribution in [1.29, 1.82) is 0 Å². The highest BCUT2D eigenvalue weighted by Crippen LogP contribution is 2.17. The molecule has 0 unspecified atom stereocenters. The highest BCUT2D eigenvalue weighted by atomic mass is 32.2. The Bertz CT molecular complexity index is 492. The number of benzene rings is 1. The van der Waals surface area contributed by atoms with Crippen molar-refractivity contribution in [2.24, 2.45) is 0 Å². The van der Waals surface area contributed by atoms with Gasteiger partial charge in [-0.05, 0) is 18.2 Å². The molecule has 5 nitrogen and oxygen atoms in total. The maximum atomic E-state index is 11.3. The van der Waals surface area contributed by atoms with E-state index in [1.54, 1.807) is 12.1 Å². The molecule has 0 amide bonds. The van der Waals surface area contributed by atoms with Crippen LogP contribution in [0.5, 0.6) is 5.75 Å². The van der Waals surface area contributed by atoms with Crippen LogP contribution in [0.25, 0.3) is 0 Å². The molecular weight excluding hydrogens is 244 g/mol. The maximum Gasteiger partial charge on any atom is 0.308 e. The van der Waals surface area contributed by atoms with Gasteiger partial charge in [-0.3, -0.25) is 4.79 Å². The van der Waals surface area contributed by atoms with Gasteiger partial charge in [0, 0.05) is 6.26 Å². The molecule has 1 rings (SSSR count). The summed E-state index contributed by atoms with van der Waals surface area (Å²) in [5.74, 6) is 0.0427. The number of carbonyl (C=O) groups excluding carboxylic acids is 1. The van der Waals surface area contributed by atoms with E-state index >= 15 is 0 Å². The molecule has 0 aromatic heterocycles. The molecule has 0 atom stereocenters. The molecule has 0 spiro atoms. The average Bonchev–Trinajstić information content (AvgIpc) is 2.28. The van der Waals surface area contributed by atoms with Gasteiger partial charge in [0.25, 0.3) is 0 Å². The van der Waals surface area contributed by atoms with Crippen LogP contribution in [0.15, 0.2) is 29.2 Å². The second kappa shape index (κ2) is 5.67. The van der Waals surface area contributed by atoms with E-state index in [9.17, 15) is 13.2 Å². The Kier molecular flexibility index (Phi) is 4.51. The Hall–Kier alpha value is -1.56. The van der Waals surface area contributed by atoms with Gasteiger partial charge < -0.3 is 9.47 Å². The van der Waals surface area contributed by atoms with Crippen molar-refractivity contribution in [2.45, 2.75) is 11.3 Å². The van der Waals surface area contributed by atoms with Gasteiger partial charge >= 0.3 is 5.97 Å². The molecule has 1 aromatic carbocycles. The summed E-state index contributed by atoms with van der Waals surface area (Å²) < 4.78 is 32.3. The smallest absolute Gasteiger partial charge is 0.308 e. The maximum absolute atomic E-state index is 11.3. The molecule has 0 aliphatic carbocycles. The molecule has 17 heavy (non-hydrogen) atoms. The topological polar surface area (TPSA) is 69.7 Å². The van der Waals surface area contributed by atoms with E-state index in [0.717, 1.165) is 6.26 Å². The second-order valence-electron chi connectivity index (χ2n) is 3.42. The number of ether oxygens (including phenoxy) is 2. The van der Waals surface area contributed by atoms with Crippen molar-refractivity contribution < 1.29 is 22.7 Å². The van der Waals surface area contributed by atoms with Gasteiger partial charge in [-0.1, -0.05) is 6.07 Å². The van der Waals surface area contributed by atoms with Crippen LogP contribution in [0.3, 0.4) is 0 Å². The molecule has 1 aromatic rings. The summed E-state index contributed by atoms with van der Waals surface area (Å²) in [6.07, 6.45) is 1.25. The van der Waals surface area contributed by atoms with Gasteiger partial charge in [-0.2, -0.15) is 0 Å². The molecule has 0 saturated heterocycles. The molecular formula is C11H14O5S. The predicted octanol–water partition coefficient (Wildman–Crippen LogP) is 1.03. The Morgan fingerprint density at radius 2 is 2.06 bits per heavy atom. The van der Waals surface area contributed by atoms with Gasteiger partial charge in [0.05, 0.1) is 25.0 Å². The summed E-state index contributed by atoms with van der Waals surface area (Å²) in [7, 11) is -1.94. The summed E-state index contributed by atoms with van der Waals surface area (Å²) in [6.45, 7) is 0.153. The predicted molar refractivity (Wildman–Crippen MR) is 61.7 cm³/mol. The number of hydrogen-bond acceptors (Lipinski definition) is 5. The van der Waals surface area contributed by atoms with Crippen molar-refractivity contribution in [2.75, 3.05) is 20.0 Å². The summed E-state index contributed by atoms with van der Waals surface area (Å²) in [6, 6.07) is 6.13. The molecule has 6 heteroatoms. The minimum Gasteiger partial charge on any atom is -0.493 e. The minimum atomic E-state index is -3.24. The lowest BCUT2D eigenvalue weighted by molar-refractivity contribution is -0.141. The lowest BCUT2D eigenvalue weighted by Crippen LogP contribution is -2.07. The highest BCUT2D eigenvalue weighted by molar-refractivity contribution is 7.90. The Balaban J connectivity index is 2.64. The first kappa shape index (κ1) is 13.5. The van der Waals surface area contributed by atoms with Crippen LogP contribution in [-0.2, 0) is 19.4 Å². The van der Waals surface area contributed by atoms with Crippen molar-refractivity contribution in [3.05, 3.63) is 24.3 Å². The van der Waals surface area contributed by atoms with Crippen LogP contribution in [0.1, 0.15) is 6.42 Å². The SMILES string of the molecule is COC(=O)CCOc1cccc(S(C)(=O)=O)c1.